The predicted octanol–water partition coefficient (Wildman–Crippen LogP) is 0.875. The van der Waals surface area contributed by atoms with Crippen LogP contribution in [0, 0.1) is 15.9 Å². The van der Waals surface area contributed by atoms with Gasteiger partial charge < -0.3 is 5.11 Å². The molecule has 1 aromatic carbocycles. The van der Waals surface area contributed by atoms with Crippen LogP contribution in [0.15, 0.2) is 23.1 Å². The quantitative estimate of drug-likeness (QED) is 0.593. The van der Waals surface area contributed by atoms with E-state index in [1.165, 1.54) is 6.92 Å². The first-order valence-electron chi connectivity index (χ1n) is 5.38. The lowest BCUT2D eigenvalue weighted by molar-refractivity contribution is -0.387. The molecule has 20 heavy (non-hydrogen) atoms. The third-order valence-corrected chi connectivity index (χ3v) is 3.90. The molecular formula is C10H11FN2O6S. The molecule has 1 atom stereocenters. The van der Waals surface area contributed by atoms with Gasteiger partial charge in [0.15, 0.2) is 0 Å². The second-order valence-corrected chi connectivity index (χ2v) is 5.50. The van der Waals surface area contributed by atoms with Crippen molar-refractivity contribution in [3.8, 4) is 0 Å². The minimum absolute atomic E-state index is 0.0160. The highest BCUT2D eigenvalue weighted by molar-refractivity contribution is 7.89. The SMILES string of the molecule is CC[C@@H](NS(=O)(=O)c1ccc(F)c([N+](=O)[O-])c1)C(=O)O. The van der Waals surface area contributed by atoms with Crippen LogP contribution in [0.5, 0.6) is 0 Å². The first-order chi connectivity index (χ1) is 9.19. The number of nitro benzene ring substituents is 1. The molecule has 0 aromatic heterocycles. The number of hydrogen-bond acceptors (Lipinski definition) is 5. The Morgan fingerprint density at radius 2 is 2.15 bits per heavy atom. The monoisotopic (exact) mass is 306 g/mol. The van der Waals surface area contributed by atoms with Gasteiger partial charge in [0.2, 0.25) is 15.8 Å². The molecule has 0 spiro atoms. The van der Waals surface area contributed by atoms with E-state index in [0.29, 0.717) is 12.1 Å². The van der Waals surface area contributed by atoms with Gasteiger partial charge in [-0.1, -0.05) is 6.92 Å². The van der Waals surface area contributed by atoms with Gasteiger partial charge in [-0.15, -0.1) is 0 Å². The van der Waals surface area contributed by atoms with E-state index in [-0.39, 0.29) is 6.42 Å². The Kier molecular flexibility index (Phi) is 4.73. The Morgan fingerprint density at radius 3 is 2.60 bits per heavy atom. The van der Waals surface area contributed by atoms with Crippen LogP contribution in [0.4, 0.5) is 10.1 Å². The van der Waals surface area contributed by atoms with Crippen molar-refractivity contribution >= 4 is 21.7 Å². The summed E-state index contributed by atoms with van der Waals surface area (Å²) in [7, 11) is -4.29. The number of carboxylic acid groups (broad SMARTS) is 1. The Balaban J connectivity index is 3.19. The van der Waals surface area contributed by atoms with Crippen LogP contribution < -0.4 is 4.72 Å². The number of carbonyl (C=O) groups is 1. The summed E-state index contributed by atoms with van der Waals surface area (Å²) in [4.78, 5) is 19.7. The number of nitro groups is 1. The summed E-state index contributed by atoms with van der Waals surface area (Å²) in [5, 5.41) is 19.3. The molecule has 0 saturated heterocycles. The van der Waals surface area contributed by atoms with Crippen LogP contribution in [0.2, 0.25) is 0 Å². The van der Waals surface area contributed by atoms with E-state index in [2.05, 4.69) is 0 Å². The molecule has 0 bridgehead atoms. The van der Waals surface area contributed by atoms with E-state index < -0.39 is 43.4 Å². The summed E-state index contributed by atoms with van der Waals surface area (Å²) >= 11 is 0. The van der Waals surface area contributed by atoms with Gasteiger partial charge in [0.25, 0.3) is 0 Å². The number of sulfonamides is 1. The van der Waals surface area contributed by atoms with Crippen LogP contribution in [0.3, 0.4) is 0 Å². The third kappa shape index (κ3) is 3.48. The van der Waals surface area contributed by atoms with Gasteiger partial charge in [-0.05, 0) is 18.6 Å². The second kappa shape index (κ2) is 5.92. The number of nitrogens with one attached hydrogen (secondary N) is 1. The summed E-state index contributed by atoms with van der Waals surface area (Å²) in [6, 6.07) is 0.615. The maximum absolute atomic E-state index is 13.1. The zero-order valence-electron chi connectivity index (χ0n) is 10.2. The maximum Gasteiger partial charge on any atom is 0.321 e. The topological polar surface area (TPSA) is 127 Å². The summed E-state index contributed by atoms with van der Waals surface area (Å²) in [5.74, 6) is -2.56. The summed E-state index contributed by atoms with van der Waals surface area (Å²) < 4.78 is 38.7. The van der Waals surface area contributed by atoms with E-state index in [4.69, 9.17) is 5.11 Å². The smallest absolute Gasteiger partial charge is 0.321 e. The number of halogens is 1. The average molecular weight is 306 g/mol. The van der Waals surface area contributed by atoms with Crippen molar-refractivity contribution in [1.82, 2.24) is 4.72 Å². The van der Waals surface area contributed by atoms with Gasteiger partial charge in [-0.25, -0.2) is 8.42 Å². The van der Waals surface area contributed by atoms with Crippen molar-refractivity contribution in [3.63, 3.8) is 0 Å². The van der Waals surface area contributed by atoms with Crippen LogP contribution in [-0.2, 0) is 14.8 Å². The van der Waals surface area contributed by atoms with Crippen LogP contribution in [0.25, 0.3) is 0 Å². The molecule has 0 heterocycles. The molecule has 0 fully saturated rings. The maximum atomic E-state index is 13.1. The van der Waals surface area contributed by atoms with E-state index in [9.17, 15) is 27.7 Å². The fourth-order valence-corrected chi connectivity index (χ4v) is 2.66. The number of carboxylic acids is 1. The molecule has 1 rings (SSSR count). The van der Waals surface area contributed by atoms with Gasteiger partial charge in [-0.2, -0.15) is 9.11 Å². The Morgan fingerprint density at radius 1 is 1.55 bits per heavy atom. The van der Waals surface area contributed by atoms with E-state index >= 15 is 0 Å². The molecule has 8 nitrogen and oxygen atoms in total. The highest BCUT2D eigenvalue weighted by atomic mass is 32.2. The normalized spacial score (nSPS) is 12.9. The fourth-order valence-electron chi connectivity index (χ4n) is 1.36. The molecule has 0 aliphatic rings. The number of aliphatic carboxylic acids is 1. The number of hydrogen-bond donors (Lipinski definition) is 2. The molecule has 0 aliphatic heterocycles. The first kappa shape index (κ1) is 16.0. The minimum atomic E-state index is -4.29. The lowest BCUT2D eigenvalue weighted by Crippen LogP contribution is -2.40. The largest absolute Gasteiger partial charge is 0.480 e. The number of nitrogens with zero attached hydrogens (tertiary/aromatic N) is 1. The molecule has 0 saturated carbocycles. The van der Waals surface area contributed by atoms with Crippen molar-refractivity contribution in [2.75, 3.05) is 0 Å². The van der Waals surface area contributed by atoms with Crippen molar-refractivity contribution in [3.05, 3.63) is 34.1 Å². The van der Waals surface area contributed by atoms with Crippen LogP contribution in [0.1, 0.15) is 13.3 Å². The molecular weight excluding hydrogens is 295 g/mol. The molecule has 10 heteroatoms. The summed E-state index contributed by atoms with van der Waals surface area (Å²) in [6.07, 6.45) is -0.0160. The van der Waals surface area contributed by atoms with Crippen molar-refractivity contribution < 1.29 is 27.6 Å². The zero-order valence-corrected chi connectivity index (χ0v) is 11.1. The number of benzene rings is 1. The molecule has 0 unspecified atom stereocenters. The van der Waals surface area contributed by atoms with Gasteiger partial charge in [-0.3, -0.25) is 14.9 Å². The Bertz CT molecular complexity index is 645. The van der Waals surface area contributed by atoms with E-state index in [1.54, 1.807) is 0 Å². The lowest BCUT2D eigenvalue weighted by atomic mass is 10.2. The molecule has 2 N–H and O–H groups in total. The molecule has 0 radical (unpaired) electrons. The molecule has 0 aliphatic carbocycles. The highest BCUT2D eigenvalue weighted by Crippen LogP contribution is 2.21. The van der Waals surface area contributed by atoms with E-state index in [1.807, 2.05) is 4.72 Å². The standard InChI is InChI=1S/C10H11FN2O6S/c1-2-8(10(14)15)12-20(18,19)6-3-4-7(11)9(5-6)13(16)17/h3-5,8,12H,2H2,1H3,(H,14,15)/t8-/m1/s1. The van der Waals surface area contributed by atoms with E-state index in [0.717, 1.165) is 6.07 Å². The van der Waals surface area contributed by atoms with Gasteiger partial charge in [0, 0.05) is 6.07 Å². The van der Waals surface area contributed by atoms with Crippen molar-refractivity contribution in [1.29, 1.82) is 0 Å². The third-order valence-electron chi connectivity index (χ3n) is 2.43. The number of rotatable bonds is 6. The Hall–Kier alpha value is -2.07. The van der Waals surface area contributed by atoms with Crippen LogP contribution >= 0.6 is 0 Å². The fraction of sp³-hybridized carbons (Fsp3) is 0.300. The summed E-state index contributed by atoms with van der Waals surface area (Å²) in [6.45, 7) is 1.45. The van der Waals surface area contributed by atoms with Crippen molar-refractivity contribution in [2.45, 2.75) is 24.3 Å². The summed E-state index contributed by atoms with van der Waals surface area (Å²) in [5.41, 5.74) is -1.00. The van der Waals surface area contributed by atoms with Gasteiger partial charge in [0.1, 0.15) is 6.04 Å². The lowest BCUT2D eigenvalue weighted by Gasteiger charge is -2.12. The van der Waals surface area contributed by atoms with Gasteiger partial charge >= 0.3 is 11.7 Å². The second-order valence-electron chi connectivity index (χ2n) is 3.79. The molecule has 0 amide bonds. The highest BCUT2D eigenvalue weighted by Gasteiger charge is 2.26. The van der Waals surface area contributed by atoms with Crippen LogP contribution in [-0.4, -0.2) is 30.5 Å². The first-order valence-corrected chi connectivity index (χ1v) is 6.86. The van der Waals surface area contributed by atoms with Crippen molar-refractivity contribution in [2.24, 2.45) is 0 Å². The predicted molar refractivity (Wildman–Crippen MR) is 65.1 cm³/mol. The zero-order chi connectivity index (χ0) is 15.5. The Labute approximate surface area is 113 Å². The minimum Gasteiger partial charge on any atom is -0.480 e. The molecule has 110 valence electrons. The molecule has 1 aromatic rings. The average Bonchev–Trinajstić information content (AvgIpc) is 2.35. The van der Waals surface area contributed by atoms with Gasteiger partial charge in [0.05, 0.1) is 9.82 Å².